The summed E-state index contributed by atoms with van der Waals surface area (Å²) in [5.41, 5.74) is 0.767. The largest absolute Gasteiger partial charge is 0.496 e. The molecular formula is C14H18BrNO4. The number of benzene rings is 1. The molecule has 1 aromatic rings. The zero-order chi connectivity index (χ0) is 15.0. The van der Waals surface area contributed by atoms with Gasteiger partial charge in [-0.2, -0.15) is 0 Å². The molecule has 5 nitrogen and oxygen atoms in total. The van der Waals surface area contributed by atoms with E-state index in [0.29, 0.717) is 5.75 Å². The second-order valence-electron chi connectivity index (χ2n) is 3.99. The van der Waals surface area contributed by atoms with E-state index in [4.69, 9.17) is 14.9 Å². The molecule has 0 aliphatic heterocycles. The molecule has 1 aromatic carbocycles. The van der Waals surface area contributed by atoms with Crippen LogP contribution in [-0.2, 0) is 4.79 Å². The maximum atomic E-state index is 11.9. The third kappa shape index (κ3) is 4.96. The summed E-state index contributed by atoms with van der Waals surface area (Å²) >= 11 is 3.36. The Labute approximate surface area is 126 Å². The van der Waals surface area contributed by atoms with E-state index >= 15 is 0 Å². The second-order valence-corrected chi connectivity index (χ2v) is 4.91. The molecule has 0 spiro atoms. The van der Waals surface area contributed by atoms with Crippen molar-refractivity contribution in [2.24, 2.45) is 0 Å². The van der Waals surface area contributed by atoms with Crippen LogP contribution in [0.5, 0.6) is 5.75 Å². The fourth-order valence-corrected chi connectivity index (χ4v) is 2.05. The topological polar surface area (TPSA) is 70.0 Å². The third-order valence-electron chi connectivity index (χ3n) is 2.65. The molecule has 20 heavy (non-hydrogen) atoms. The molecule has 0 aliphatic carbocycles. The molecule has 0 heterocycles. The quantitative estimate of drug-likeness (QED) is 0.732. The van der Waals surface area contributed by atoms with Crippen LogP contribution in [0.25, 0.3) is 6.08 Å². The lowest BCUT2D eigenvalue weighted by atomic mass is 10.2. The predicted octanol–water partition coefficient (Wildman–Crippen LogP) is 1.28. The van der Waals surface area contributed by atoms with Crippen LogP contribution >= 0.6 is 15.9 Å². The van der Waals surface area contributed by atoms with Crippen LogP contribution in [0, 0.1) is 0 Å². The highest BCUT2D eigenvalue weighted by Gasteiger charge is 2.09. The first kappa shape index (κ1) is 16.7. The molecule has 110 valence electrons. The Bertz CT molecular complexity index is 470. The maximum Gasteiger partial charge on any atom is 0.246 e. The molecule has 1 amide bonds. The summed E-state index contributed by atoms with van der Waals surface area (Å²) in [5, 5.41) is 17.8. The Morgan fingerprint density at radius 3 is 2.55 bits per heavy atom. The van der Waals surface area contributed by atoms with Gasteiger partial charge in [0, 0.05) is 29.2 Å². The summed E-state index contributed by atoms with van der Waals surface area (Å²) in [6.45, 7) is 0.109. The van der Waals surface area contributed by atoms with E-state index in [1.165, 1.54) is 11.0 Å². The molecule has 0 fully saturated rings. The van der Waals surface area contributed by atoms with Crippen LogP contribution in [0.15, 0.2) is 28.7 Å². The van der Waals surface area contributed by atoms with Gasteiger partial charge in [-0.15, -0.1) is 0 Å². The standard InChI is InChI=1S/C14H18BrNO4/c1-20-13-4-3-12(15)10-11(13)2-5-14(19)16(6-8-17)7-9-18/h2-5,10,17-18H,6-9H2,1H3/b5-2+. The van der Waals surface area contributed by atoms with Crippen molar-refractivity contribution in [3.8, 4) is 5.75 Å². The van der Waals surface area contributed by atoms with E-state index in [1.807, 2.05) is 12.1 Å². The first-order chi connectivity index (χ1) is 9.62. The van der Waals surface area contributed by atoms with Gasteiger partial charge in [0.2, 0.25) is 5.91 Å². The molecule has 0 saturated carbocycles. The van der Waals surface area contributed by atoms with Gasteiger partial charge in [0.15, 0.2) is 0 Å². The van der Waals surface area contributed by atoms with E-state index in [9.17, 15) is 4.79 Å². The number of carbonyl (C=O) groups excluding carboxylic acids is 1. The molecule has 2 N–H and O–H groups in total. The number of hydrogen-bond donors (Lipinski definition) is 2. The maximum absolute atomic E-state index is 11.9. The Hall–Kier alpha value is -1.37. The number of carbonyl (C=O) groups is 1. The minimum atomic E-state index is -0.268. The van der Waals surface area contributed by atoms with Crippen molar-refractivity contribution in [3.63, 3.8) is 0 Å². The number of methoxy groups -OCH3 is 1. The number of aliphatic hydroxyl groups excluding tert-OH is 2. The Balaban J connectivity index is 2.85. The van der Waals surface area contributed by atoms with E-state index in [-0.39, 0.29) is 32.2 Å². The lowest BCUT2D eigenvalue weighted by Crippen LogP contribution is -2.34. The van der Waals surface area contributed by atoms with E-state index < -0.39 is 0 Å². The zero-order valence-electron chi connectivity index (χ0n) is 11.3. The van der Waals surface area contributed by atoms with Gasteiger partial charge in [0.1, 0.15) is 5.75 Å². The van der Waals surface area contributed by atoms with Gasteiger partial charge < -0.3 is 19.8 Å². The summed E-state index contributed by atoms with van der Waals surface area (Å²) in [6.07, 6.45) is 3.04. The van der Waals surface area contributed by atoms with Crippen LogP contribution < -0.4 is 4.74 Å². The first-order valence-corrected chi connectivity index (χ1v) is 6.94. The number of ether oxygens (including phenoxy) is 1. The average molecular weight is 344 g/mol. The van der Waals surface area contributed by atoms with Crippen LogP contribution in [0.1, 0.15) is 5.56 Å². The van der Waals surface area contributed by atoms with Crippen LogP contribution in [-0.4, -0.2) is 54.4 Å². The zero-order valence-corrected chi connectivity index (χ0v) is 12.8. The summed E-state index contributed by atoms with van der Waals surface area (Å²) in [5.74, 6) is 0.392. The molecule has 0 radical (unpaired) electrons. The SMILES string of the molecule is COc1ccc(Br)cc1/C=C/C(=O)N(CCO)CCO. The lowest BCUT2D eigenvalue weighted by molar-refractivity contribution is -0.126. The van der Waals surface area contributed by atoms with Crippen molar-refractivity contribution in [1.82, 2.24) is 4.90 Å². The lowest BCUT2D eigenvalue weighted by Gasteiger charge is -2.18. The Morgan fingerprint density at radius 1 is 1.35 bits per heavy atom. The fourth-order valence-electron chi connectivity index (χ4n) is 1.68. The van der Waals surface area contributed by atoms with Crippen molar-refractivity contribution in [2.75, 3.05) is 33.4 Å². The van der Waals surface area contributed by atoms with Crippen molar-refractivity contribution in [2.45, 2.75) is 0 Å². The van der Waals surface area contributed by atoms with Crippen LogP contribution in [0.3, 0.4) is 0 Å². The molecule has 0 bridgehead atoms. The van der Waals surface area contributed by atoms with Crippen LogP contribution in [0.2, 0.25) is 0 Å². The van der Waals surface area contributed by atoms with Crippen molar-refractivity contribution < 1.29 is 19.7 Å². The van der Waals surface area contributed by atoms with E-state index in [2.05, 4.69) is 15.9 Å². The number of rotatable bonds is 7. The van der Waals surface area contributed by atoms with E-state index in [0.717, 1.165) is 10.0 Å². The number of halogens is 1. The van der Waals surface area contributed by atoms with Crippen molar-refractivity contribution >= 4 is 27.9 Å². The van der Waals surface area contributed by atoms with Gasteiger partial charge in [-0.05, 0) is 24.3 Å². The highest BCUT2D eigenvalue weighted by Crippen LogP contribution is 2.24. The smallest absolute Gasteiger partial charge is 0.246 e. The van der Waals surface area contributed by atoms with E-state index in [1.54, 1.807) is 19.3 Å². The Morgan fingerprint density at radius 2 is 2.00 bits per heavy atom. The molecule has 6 heteroatoms. The normalized spacial score (nSPS) is 10.8. The first-order valence-electron chi connectivity index (χ1n) is 6.14. The second kappa shape index (κ2) is 8.73. The molecule has 0 saturated heterocycles. The average Bonchev–Trinajstić information content (AvgIpc) is 2.44. The molecule has 0 aliphatic rings. The molecular weight excluding hydrogens is 326 g/mol. The number of aliphatic hydroxyl groups is 2. The summed E-state index contributed by atoms with van der Waals surface area (Å²) in [7, 11) is 1.56. The Kier molecular flexibility index (Phi) is 7.28. The van der Waals surface area contributed by atoms with Crippen molar-refractivity contribution in [1.29, 1.82) is 0 Å². The van der Waals surface area contributed by atoms with Gasteiger partial charge in [0.05, 0.1) is 20.3 Å². The number of hydrogen-bond acceptors (Lipinski definition) is 4. The minimum absolute atomic E-state index is 0.139. The van der Waals surface area contributed by atoms with Gasteiger partial charge in [-0.1, -0.05) is 15.9 Å². The van der Waals surface area contributed by atoms with Gasteiger partial charge in [-0.3, -0.25) is 4.79 Å². The third-order valence-corrected chi connectivity index (χ3v) is 3.14. The molecule has 0 aromatic heterocycles. The van der Waals surface area contributed by atoms with Crippen molar-refractivity contribution in [3.05, 3.63) is 34.3 Å². The number of nitrogens with zero attached hydrogens (tertiary/aromatic N) is 1. The highest BCUT2D eigenvalue weighted by molar-refractivity contribution is 9.10. The summed E-state index contributed by atoms with van der Waals surface area (Å²) in [4.78, 5) is 13.3. The number of amides is 1. The van der Waals surface area contributed by atoms with Crippen LogP contribution in [0.4, 0.5) is 0 Å². The fraction of sp³-hybridized carbons (Fsp3) is 0.357. The summed E-state index contributed by atoms with van der Waals surface area (Å²) in [6, 6.07) is 5.49. The predicted molar refractivity (Wildman–Crippen MR) is 80.5 cm³/mol. The van der Waals surface area contributed by atoms with Gasteiger partial charge in [0.25, 0.3) is 0 Å². The van der Waals surface area contributed by atoms with Gasteiger partial charge >= 0.3 is 0 Å². The monoisotopic (exact) mass is 343 g/mol. The molecule has 0 unspecified atom stereocenters. The highest BCUT2D eigenvalue weighted by atomic mass is 79.9. The summed E-state index contributed by atoms with van der Waals surface area (Å²) < 4.78 is 6.09. The molecule has 1 rings (SSSR count). The van der Waals surface area contributed by atoms with Gasteiger partial charge in [-0.25, -0.2) is 0 Å². The minimum Gasteiger partial charge on any atom is -0.496 e. The molecule has 0 atom stereocenters.